The number of allylic oxidation sites excluding steroid dienone is 3. The second-order valence-electron chi connectivity index (χ2n) is 1.56. The molecule has 1 N–H and O–H groups in total. The van der Waals surface area contributed by atoms with E-state index in [1.807, 2.05) is 0 Å². The topological polar surface area (TPSA) is 40.9 Å². The number of hydrogen-bond acceptors (Lipinski definition) is 2. The lowest BCUT2D eigenvalue weighted by Gasteiger charge is -1.84. The van der Waals surface area contributed by atoms with Gasteiger partial charge in [0.1, 0.15) is 0 Å². The minimum atomic E-state index is -0.229. The van der Waals surface area contributed by atoms with Crippen LogP contribution in [0.2, 0.25) is 0 Å². The summed E-state index contributed by atoms with van der Waals surface area (Å²) < 4.78 is 0. The summed E-state index contributed by atoms with van der Waals surface area (Å²) in [5.74, 6) is -0.229. The lowest BCUT2D eigenvalue weighted by atomic mass is 10.2. The second-order valence-corrected chi connectivity index (χ2v) is 1.56. The molecule has 0 saturated heterocycles. The molecule has 0 bridgehead atoms. The second kappa shape index (κ2) is 3.78. The van der Waals surface area contributed by atoms with Gasteiger partial charge in [0.15, 0.2) is 5.78 Å². The molecule has 0 rings (SSSR count). The summed E-state index contributed by atoms with van der Waals surface area (Å²) in [7, 11) is 0. The summed E-state index contributed by atoms with van der Waals surface area (Å²) in [5.41, 5.74) is 0.00917. The van der Waals surface area contributed by atoms with Crippen LogP contribution in [0.4, 0.5) is 0 Å². The first-order chi connectivity index (χ1) is 4.18. The maximum Gasteiger partial charge on any atom is 0.177 e. The Morgan fingerprint density at radius 1 is 1.67 bits per heavy atom. The minimum Gasteiger partial charge on any atom is -0.297 e. The molecule has 2 heteroatoms. The Bertz CT molecular complexity index is 168. The number of carbonyl (C=O) groups excluding carboxylic acids is 1. The number of rotatable bonds is 3. The van der Waals surface area contributed by atoms with Crippen LogP contribution in [0.15, 0.2) is 24.8 Å². The molecule has 0 heterocycles. The Balaban J connectivity index is 3.92. The lowest BCUT2D eigenvalue weighted by Crippen LogP contribution is -2.03. The lowest BCUT2D eigenvalue weighted by molar-refractivity contribution is -0.111. The average molecular weight is 123 g/mol. The first-order valence-corrected chi connectivity index (χ1v) is 2.57. The Kier molecular flexibility index (Phi) is 3.28. The van der Waals surface area contributed by atoms with Crippen LogP contribution in [0.1, 0.15) is 6.92 Å². The van der Waals surface area contributed by atoms with E-state index in [4.69, 9.17) is 5.41 Å². The van der Waals surface area contributed by atoms with Gasteiger partial charge in [-0.15, -0.1) is 0 Å². The predicted octanol–water partition coefficient (Wildman–Crippen LogP) is 1.34. The molecule has 0 aromatic heterocycles. The molecule has 9 heavy (non-hydrogen) atoms. The molecule has 0 unspecified atom stereocenters. The smallest absolute Gasteiger partial charge is 0.177 e. The summed E-state index contributed by atoms with van der Waals surface area (Å²) in [6.45, 7) is 4.75. The van der Waals surface area contributed by atoms with Crippen molar-refractivity contribution in [2.75, 3.05) is 0 Å². The maximum absolute atomic E-state index is 10.3. The van der Waals surface area contributed by atoms with Crippen molar-refractivity contribution in [3.05, 3.63) is 24.8 Å². The third-order valence-corrected chi connectivity index (χ3v) is 0.778. The van der Waals surface area contributed by atoms with Gasteiger partial charge in [-0.05, 0) is 6.08 Å². The average Bonchev–Trinajstić information content (AvgIpc) is 1.82. The van der Waals surface area contributed by atoms with Gasteiger partial charge in [0.25, 0.3) is 0 Å². The van der Waals surface area contributed by atoms with Crippen LogP contribution in [-0.2, 0) is 4.79 Å². The number of carbonyl (C=O) groups is 1. The molecule has 0 fully saturated rings. The van der Waals surface area contributed by atoms with Gasteiger partial charge in [0.2, 0.25) is 0 Å². The van der Waals surface area contributed by atoms with E-state index >= 15 is 0 Å². The molecule has 0 amide bonds. The maximum atomic E-state index is 10.3. The number of ketones is 1. The van der Waals surface area contributed by atoms with Gasteiger partial charge in [-0.3, -0.25) is 10.2 Å². The zero-order chi connectivity index (χ0) is 7.28. The summed E-state index contributed by atoms with van der Waals surface area (Å²) in [4.78, 5) is 10.3. The van der Waals surface area contributed by atoms with E-state index in [9.17, 15) is 4.79 Å². The van der Waals surface area contributed by atoms with Gasteiger partial charge in [0, 0.05) is 6.92 Å². The van der Waals surface area contributed by atoms with Gasteiger partial charge in [-0.25, -0.2) is 0 Å². The number of Topliss-reactive ketones (excluding diaryl/α,β-unsaturated/α-hetero) is 1. The Morgan fingerprint density at radius 2 is 2.22 bits per heavy atom. The first kappa shape index (κ1) is 7.82. The standard InChI is InChI=1S/C7H9NO/c1-3-4-5-7(8)6(2)9/h3-5,8H,1H2,2H3/b5-4-,8-7?. The molecule has 0 aliphatic heterocycles. The van der Waals surface area contributed by atoms with Crippen molar-refractivity contribution < 1.29 is 4.79 Å². The van der Waals surface area contributed by atoms with E-state index in [0.29, 0.717) is 0 Å². The highest BCUT2D eigenvalue weighted by Gasteiger charge is 1.93. The fraction of sp³-hybridized carbons (Fsp3) is 0.143. The molecule has 2 nitrogen and oxygen atoms in total. The van der Waals surface area contributed by atoms with Crippen molar-refractivity contribution in [1.29, 1.82) is 5.41 Å². The van der Waals surface area contributed by atoms with Gasteiger partial charge < -0.3 is 0 Å². The third-order valence-electron chi connectivity index (χ3n) is 0.778. The van der Waals surface area contributed by atoms with E-state index in [-0.39, 0.29) is 11.5 Å². The predicted molar refractivity (Wildman–Crippen MR) is 37.7 cm³/mol. The highest BCUT2D eigenvalue weighted by atomic mass is 16.1. The van der Waals surface area contributed by atoms with Gasteiger partial charge >= 0.3 is 0 Å². The summed E-state index contributed by atoms with van der Waals surface area (Å²) in [6, 6.07) is 0. The summed E-state index contributed by atoms with van der Waals surface area (Å²) in [6.07, 6.45) is 4.50. The van der Waals surface area contributed by atoms with Crippen molar-refractivity contribution in [3.63, 3.8) is 0 Å². The molecular formula is C7H9NO. The zero-order valence-electron chi connectivity index (χ0n) is 5.35. The molecule has 0 atom stereocenters. The molecule has 0 aromatic carbocycles. The summed E-state index contributed by atoms with van der Waals surface area (Å²) >= 11 is 0. The molecule has 0 aliphatic rings. The van der Waals surface area contributed by atoms with Crippen molar-refractivity contribution in [2.24, 2.45) is 0 Å². The van der Waals surface area contributed by atoms with Crippen molar-refractivity contribution in [3.8, 4) is 0 Å². The van der Waals surface area contributed by atoms with Crippen LogP contribution in [0.25, 0.3) is 0 Å². The molecule has 0 aliphatic carbocycles. The molecule has 0 spiro atoms. The molecular weight excluding hydrogens is 114 g/mol. The highest BCUT2D eigenvalue weighted by Crippen LogP contribution is 1.79. The van der Waals surface area contributed by atoms with Crippen molar-refractivity contribution in [2.45, 2.75) is 6.92 Å². The van der Waals surface area contributed by atoms with E-state index in [0.717, 1.165) is 0 Å². The Morgan fingerprint density at radius 3 is 2.56 bits per heavy atom. The van der Waals surface area contributed by atoms with E-state index < -0.39 is 0 Å². The summed E-state index contributed by atoms with van der Waals surface area (Å²) in [5, 5.41) is 6.96. The highest BCUT2D eigenvalue weighted by molar-refractivity contribution is 6.42. The van der Waals surface area contributed by atoms with Crippen LogP contribution < -0.4 is 0 Å². The van der Waals surface area contributed by atoms with Gasteiger partial charge in [0.05, 0.1) is 5.71 Å². The minimum absolute atomic E-state index is 0.00917. The Labute approximate surface area is 54.4 Å². The first-order valence-electron chi connectivity index (χ1n) is 2.57. The number of nitrogens with one attached hydrogen (secondary N) is 1. The molecule has 0 radical (unpaired) electrons. The van der Waals surface area contributed by atoms with Gasteiger partial charge in [-0.2, -0.15) is 0 Å². The van der Waals surface area contributed by atoms with Crippen LogP contribution in [0, 0.1) is 5.41 Å². The third kappa shape index (κ3) is 3.41. The van der Waals surface area contributed by atoms with Crippen LogP contribution in [-0.4, -0.2) is 11.5 Å². The molecule has 0 saturated carbocycles. The Hall–Kier alpha value is -1.18. The molecule has 0 aromatic rings. The van der Waals surface area contributed by atoms with E-state index in [2.05, 4.69) is 6.58 Å². The van der Waals surface area contributed by atoms with E-state index in [1.54, 1.807) is 6.08 Å². The normalized spacial score (nSPS) is 9.44. The van der Waals surface area contributed by atoms with Crippen molar-refractivity contribution >= 4 is 11.5 Å². The van der Waals surface area contributed by atoms with E-state index in [1.165, 1.54) is 19.1 Å². The number of hydrogen-bond donors (Lipinski definition) is 1. The van der Waals surface area contributed by atoms with Crippen LogP contribution in [0.5, 0.6) is 0 Å². The van der Waals surface area contributed by atoms with Crippen molar-refractivity contribution in [1.82, 2.24) is 0 Å². The monoisotopic (exact) mass is 123 g/mol. The largest absolute Gasteiger partial charge is 0.297 e. The molecule has 48 valence electrons. The quantitative estimate of drug-likeness (QED) is 0.446. The fourth-order valence-corrected chi connectivity index (χ4v) is 0.282. The van der Waals surface area contributed by atoms with Crippen LogP contribution in [0.3, 0.4) is 0 Å². The fourth-order valence-electron chi connectivity index (χ4n) is 0.282. The van der Waals surface area contributed by atoms with Crippen LogP contribution >= 0.6 is 0 Å². The zero-order valence-corrected chi connectivity index (χ0v) is 5.35. The van der Waals surface area contributed by atoms with Gasteiger partial charge in [-0.1, -0.05) is 18.7 Å². The SMILES string of the molecule is C=C/C=C\C(=N)C(C)=O.